The number of carboxylic acids is 2. The molecular weight excluding hydrogens is 560 g/mol. The molecule has 2 saturated heterocycles. The molecule has 2 aliphatic heterocycles. The maximum Gasteiger partial charge on any atom is 0.350 e. The van der Waals surface area contributed by atoms with Crippen LogP contribution >= 0.6 is 23.1 Å². The number of nitrogens with zero attached hydrogens (tertiary/aromatic N) is 4. The van der Waals surface area contributed by atoms with E-state index < -0.39 is 46.8 Å². The summed E-state index contributed by atoms with van der Waals surface area (Å²) in [5, 5.41) is 30.5. The van der Waals surface area contributed by atoms with Crippen LogP contribution in [0.25, 0.3) is 0 Å². The molecule has 0 aromatic carbocycles. The lowest BCUT2D eigenvalue weighted by molar-refractivity contribution is -0.703. The van der Waals surface area contributed by atoms with E-state index in [0.29, 0.717) is 17.4 Å². The highest BCUT2D eigenvalue weighted by Crippen LogP contribution is 2.41. The number of oxime groups is 1. The van der Waals surface area contributed by atoms with Gasteiger partial charge >= 0.3 is 11.9 Å². The Hall–Kier alpha value is -3.72. The number of aromatic nitrogens is 2. The molecule has 0 spiro atoms. The summed E-state index contributed by atoms with van der Waals surface area (Å²) >= 11 is 2.62. The van der Waals surface area contributed by atoms with Gasteiger partial charge in [-0.2, -0.15) is 0 Å². The summed E-state index contributed by atoms with van der Waals surface area (Å²) in [7, 11) is 0. The van der Waals surface area contributed by atoms with Gasteiger partial charge in [-0.1, -0.05) is 11.2 Å². The molecular formula is C25H31N6O7S2+. The Morgan fingerprint density at radius 1 is 1.25 bits per heavy atom. The Balaban J connectivity index is 1.52. The fourth-order valence-electron chi connectivity index (χ4n) is 4.24. The van der Waals surface area contributed by atoms with Crippen LogP contribution in [0.5, 0.6) is 0 Å². The molecule has 2 amide bonds. The van der Waals surface area contributed by atoms with Crippen LogP contribution in [0.4, 0.5) is 5.13 Å². The molecule has 2 aromatic heterocycles. The number of fused-ring (bicyclic) bond motifs is 1. The number of thioether (sulfide) groups is 1. The molecule has 15 heteroatoms. The maximum atomic E-state index is 13.4. The molecule has 2 aliphatic rings. The van der Waals surface area contributed by atoms with Crippen molar-refractivity contribution in [3.05, 3.63) is 41.7 Å². The lowest BCUT2D eigenvalue weighted by Gasteiger charge is -2.53. The minimum absolute atomic E-state index is 0.0728. The first kappa shape index (κ1) is 29.3. The van der Waals surface area contributed by atoms with E-state index in [1.807, 2.05) is 49.0 Å². The largest absolute Gasteiger partial charge is 0.480 e. The average molecular weight is 592 g/mol. The Kier molecular flexibility index (Phi) is 8.63. The molecule has 4 N–H and O–H groups in total. The van der Waals surface area contributed by atoms with Gasteiger partial charge in [0, 0.05) is 29.3 Å². The average Bonchev–Trinajstić information content (AvgIpc) is 3.34. The molecule has 0 bridgehead atoms. The number of nitrogens with one attached hydrogen (secondary N) is 2. The van der Waals surface area contributed by atoms with Crippen molar-refractivity contribution in [1.82, 2.24) is 15.2 Å². The van der Waals surface area contributed by atoms with Crippen molar-refractivity contribution in [2.45, 2.75) is 63.3 Å². The van der Waals surface area contributed by atoms with Gasteiger partial charge in [-0.05, 0) is 27.7 Å². The number of β-lactam (4-membered cyclic amide) rings is 1. The number of thiazole rings is 1. The molecule has 2 fully saturated rings. The highest BCUT2D eigenvalue weighted by Gasteiger charge is 2.58. The predicted molar refractivity (Wildman–Crippen MR) is 147 cm³/mol. The van der Waals surface area contributed by atoms with Crippen LogP contribution in [0.1, 0.15) is 33.4 Å². The number of hydrogen-bond acceptors (Lipinski definition) is 10. The van der Waals surface area contributed by atoms with Gasteiger partial charge in [0.15, 0.2) is 29.8 Å². The van der Waals surface area contributed by atoms with Gasteiger partial charge in [0.2, 0.25) is 11.5 Å². The highest BCUT2D eigenvalue weighted by atomic mass is 32.2. The fraction of sp³-hybridized carbons (Fsp3) is 0.480. The van der Waals surface area contributed by atoms with E-state index in [9.17, 15) is 29.4 Å². The zero-order valence-corrected chi connectivity index (χ0v) is 23.9. The third-order valence-corrected chi connectivity index (χ3v) is 8.56. The third kappa shape index (κ3) is 6.20. The lowest BCUT2D eigenvalue weighted by Crippen LogP contribution is -2.76. The van der Waals surface area contributed by atoms with Crippen LogP contribution in [0.2, 0.25) is 0 Å². The monoisotopic (exact) mass is 591 g/mol. The Morgan fingerprint density at radius 2 is 1.95 bits per heavy atom. The van der Waals surface area contributed by atoms with Gasteiger partial charge in [0.05, 0.1) is 5.92 Å². The number of carboxylic acid groups (broad SMARTS) is 2. The van der Waals surface area contributed by atoms with Crippen LogP contribution in [0.3, 0.4) is 0 Å². The number of rotatable bonds is 11. The number of hydrogen-bond donors (Lipinski definition) is 4. The minimum Gasteiger partial charge on any atom is -0.480 e. The molecule has 4 rings (SSSR count). The van der Waals surface area contributed by atoms with Crippen molar-refractivity contribution in [3.8, 4) is 0 Å². The van der Waals surface area contributed by atoms with E-state index in [-0.39, 0.29) is 23.4 Å². The topological polar surface area (TPSA) is 174 Å². The molecule has 13 nitrogen and oxygen atoms in total. The summed E-state index contributed by atoms with van der Waals surface area (Å²) in [4.78, 5) is 61.2. The Bertz CT molecular complexity index is 1320. The number of anilines is 1. The Morgan fingerprint density at radius 3 is 2.58 bits per heavy atom. The van der Waals surface area contributed by atoms with Crippen molar-refractivity contribution in [2.24, 2.45) is 11.1 Å². The molecule has 0 saturated carbocycles. The van der Waals surface area contributed by atoms with E-state index in [0.717, 1.165) is 0 Å². The van der Waals surface area contributed by atoms with Crippen LogP contribution < -0.4 is 15.2 Å². The molecule has 4 atom stereocenters. The van der Waals surface area contributed by atoms with E-state index in [1.165, 1.54) is 41.8 Å². The quantitative estimate of drug-likeness (QED) is 0.128. The number of carbonyl (C=O) groups excluding carboxylic acids is 2. The van der Waals surface area contributed by atoms with Crippen molar-refractivity contribution in [3.63, 3.8) is 0 Å². The second-order valence-electron chi connectivity index (χ2n) is 10.2. The summed E-state index contributed by atoms with van der Waals surface area (Å²) in [6.07, 6.45) is 3.68. The zero-order valence-electron chi connectivity index (χ0n) is 22.3. The van der Waals surface area contributed by atoms with Crippen molar-refractivity contribution >= 4 is 57.7 Å². The summed E-state index contributed by atoms with van der Waals surface area (Å²) in [6.45, 7) is 6.82. The van der Waals surface area contributed by atoms with Gasteiger partial charge < -0.3 is 30.6 Å². The van der Waals surface area contributed by atoms with Gasteiger partial charge in [-0.15, -0.1) is 23.1 Å². The number of carbonyl (C=O) groups is 4. The summed E-state index contributed by atoms with van der Waals surface area (Å²) in [6, 6.07) is 3.59. The predicted octanol–water partition coefficient (Wildman–Crippen LogP) is 1.00. The molecule has 3 unspecified atom stereocenters. The molecule has 2 aromatic rings. The van der Waals surface area contributed by atoms with Crippen LogP contribution in [0.15, 0.2) is 41.1 Å². The summed E-state index contributed by atoms with van der Waals surface area (Å²) in [5.74, 6) is -3.58. The third-order valence-electron chi connectivity index (χ3n) is 6.32. The van der Waals surface area contributed by atoms with Gasteiger partial charge in [-0.25, -0.2) is 19.1 Å². The molecule has 214 valence electrons. The second-order valence-corrected chi connectivity index (χ2v) is 12.2. The molecule has 40 heavy (non-hydrogen) atoms. The first-order chi connectivity index (χ1) is 18.9. The van der Waals surface area contributed by atoms with E-state index in [1.54, 1.807) is 5.38 Å². The van der Waals surface area contributed by atoms with Crippen molar-refractivity contribution < 1.29 is 38.8 Å². The van der Waals surface area contributed by atoms with Gasteiger partial charge in [0.25, 0.3) is 5.91 Å². The van der Waals surface area contributed by atoms with Crippen molar-refractivity contribution in [2.75, 3.05) is 11.1 Å². The smallest absolute Gasteiger partial charge is 0.350 e. The minimum atomic E-state index is -1.73. The van der Waals surface area contributed by atoms with Crippen LogP contribution in [-0.4, -0.2) is 84.4 Å². The Labute approximate surface area is 238 Å². The summed E-state index contributed by atoms with van der Waals surface area (Å²) < 4.78 is 1.88. The number of pyridine rings is 1. The zero-order chi connectivity index (χ0) is 29.2. The first-order valence-electron chi connectivity index (χ1n) is 12.5. The highest BCUT2D eigenvalue weighted by molar-refractivity contribution is 8.00. The molecule has 0 radical (unpaired) electrons. The number of amides is 2. The van der Waals surface area contributed by atoms with Gasteiger partial charge in [0.1, 0.15) is 23.2 Å². The summed E-state index contributed by atoms with van der Waals surface area (Å²) in [5.41, 5.74) is -1.90. The van der Waals surface area contributed by atoms with E-state index in [4.69, 9.17) is 4.84 Å². The van der Waals surface area contributed by atoms with Crippen LogP contribution in [-0.2, 0) is 30.6 Å². The van der Waals surface area contributed by atoms with E-state index in [2.05, 4.69) is 20.8 Å². The van der Waals surface area contributed by atoms with E-state index >= 15 is 0 Å². The van der Waals surface area contributed by atoms with Crippen molar-refractivity contribution in [1.29, 1.82) is 0 Å². The van der Waals surface area contributed by atoms with Gasteiger partial charge in [-0.3, -0.25) is 9.59 Å². The lowest BCUT2D eigenvalue weighted by atomic mass is 9.93. The van der Waals surface area contributed by atoms with Crippen LogP contribution in [0, 0.1) is 5.92 Å². The first-order valence-corrected chi connectivity index (χ1v) is 14.5. The SMILES string of the molecule is CC(C)Nc1nc(/C(=N/OC(C)(C)C(=O)O)C(=O)N[C@@H]2C(=O)N3C(C(=O)O)C(C[n+]4ccccc4)CSC23)cs1. The molecule has 4 heterocycles. The normalized spacial score (nSPS) is 22.8. The number of aliphatic carboxylic acids is 2. The standard InChI is InChI=1S/C25H30N6O7S2/c1-13(2)26-24-27-15(12-40-24)16(29-38-25(3,4)23(36)37)19(32)28-17-20(33)31-18(22(34)35)14(11-39-21(17)31)10-30-8-6-5-7-9-30/h5-9,12-14,17-18,21H,10-11H2,1-4H3,(H3-,26,27,28,32,34,35,36,37)/p+1/b29-16-/t14?,17-,18?,21?/m1/s1. The molecule has 0 aliphatic carbocycles. The second kappa shape index (κ2) is 11.8. The maximum absolute atomic E-state index is 13.4. The fourth-order valence-corrected chi connectivity index (χ4v) is 6.59.